The minimum absolute atomic E-state index is 0.130. The molecule has 134 valence electrons. The molecule has 25 heavy (non-hydrogen) atoms. The van der Waals surface area contributed by atoms with Crippen molar-refractivity contribution in [3.63, 3.8) is 0 Å². The molecule has 0 bridgehead atoms. The second-order valence-electron chi connectivity index (χ2n) is 7.93. The number of terminal acetylenes is 1. The zero-order valence-corrected chi connectivity index (χ0v) is 15.0. The van der Waals surface area contributed by atoms with Crippen LogP contribution < -0.4 is 0 Å². The predicted octanol–water partition coefficient (Wildman–Crippen LogP) is 4.94. The molecule has 0 aliphatic heterocycles. The average Bonchev–Trinajstić information content (AvgIpc) is 2.63. The van der Waals surface area contributed by atoms with Crippen molar-refractivity contribution < 1.29 is 14.6 Å². The van der Waals surface area contributed by atoms with E-state index in [1.807, 2.05) is 0 Å². The molecule has 3 heteroatoms. The maximum absolute atomic E-state index is 12.4. The van der Waals surface area contributed by atoms with E-state index in [4.69, 9.17) is 11.2 Å². The fourth-order valence-corrected chi connectivity index (χ4v) is 4.44. The zero-order valence-electron chi connectivity index (χ0n) is 15.0. The normalized spacial score (nSPS) is 32.6. The molecule has 1 aromatic rings. The number of ether oxygens (including phenoxy) is 1. The van der Waals surface area contributed by atoms with Crippen molar-refractivity contribution >= 4 is 5.97 Å². The Hall–Kier alpha value is -1.95. The van der Waals surface area contributed by atoms with E-state index in [-0.39, 0.29) is 5.75 Å². The van der Waals surface area contributed by atoms with Crippen molar-refractivity contribution in [3.8, 4) is 18.1 Å². The lowest BCUT2D eigenvalue weighted by atomic mass is 9.68. The molecule has 1 N–H and O–H groups in total. The highest BCUT2D eigenvalue weighted by molar-refractivity contribution is 5.90. The van der Waals surface area contributed by atoms with E-state index in [9.17, 15) is 9.90 Å². The molecule has 3 rings (SSSR count). The van der Waals surface area contributed by atoms with E-state index in [0.29, 0.717) is 5.56 Å². The van der Waals surface area contributed by atoms with E-state index in [1.54, 1.807) is 12.1 Å². The highest BCUT2D eigenvalue weighted by atomic mass is 16.6. The van der Waals surface area contributed by atoms with Crippen molar-refractivity contribution in [2.24, 2.45) is 17.8 Å². The molecule has 3 nitrogen and oxygen atoms in total. The minimum Gasteiger partial charge on any atom is -0.508 e. The topological polar surface area (TPSA) is 46.5 Å². The third kappa shape index (κ3) is 4.18. The summed E-state index contributed by atoms with van der Waals surface area (Å²) in [6, 6.07) is 6.10. The van der Waals surface area contributed by atoms with Crippen LogP contribution in [0.15, 0.2) is 24.3 Å². The van der Waals surface area contributed by atoms with Crippen molar-refractivity contribution in [2.45, 2.75) is 63.9 Å². The third-order valence-corrected chi connectivity index (χ3v) is 6.22. The summed E-state index contributed by atoms with van der Waals surface area (Å²) < 4.78 is 5.75. The summed E-state index contributed by atoms with van der Waals surface area (Å²) in [5.74, 6) is 4.91. The molecule has 2 fully saturated rings. The summed E-state index contributed by atoms with van der Waals surface area (Å²) in [5, 5.41) is 9.34. The van der Waals surface area contributed by atoms with Crippen LogP contribution in [0.5, 0.6) is 5.75 Å². The zero-order chi connectivity index (χ0) is 17.9. The number of esters is 1. The number of rotatable bonds is 3. The van der Waals surface area contributed by atoms with Crippen LogP contribution in [-0.4, -0.2) is 16.7 Å². The van der Waals surface area contributed by atoms with E-state index < -0.39 is 11.6 Å². The van der Waals surface area contributed by atoms with Crippen LogP contribution >= 0.6 is 0 Å². The van der Waals surface area contributed by atoms with Crippen LogP contribution in [0.25, 0.3) is 0 Å². The Balaban J connectivity index is 1.58. The van der Waals surface area contributed by atoms with Gasteiger partial charge >= 0.3 is 5.97 Å². The number of phenols is 1. The van der Waals surface area contributed by atoms with Gasteiger partial charge in [0.25, 0.3) is 0 Å². The molecular formula is C22H28O3. The van der Waals surface area contributed by atoms with Gasteiger partial charge in [-0.25, -0.2) is 4.79 Å². The number of benzene rings is 1. The summed E-state index contributed by atoms with van der Waals surface area (Å²) in [6.07, 6.45) is 14.7. The first-order chi connectivity index (χ1) is 12.0. The first-order valence-electron chi connectivity index (χ1n) is 9.51. The Bertz CT molecular complexity index is 624. The van der Waals surface area contributed by atoms with Gasteiger partial charge in [0, 0.05) is 0 Å². The van der Waals surface area contributed by atoms with Crippen LogP contribution in [0.1, 0.15) is 68.6 Å². The van der Waals surface area contributed by atoms with Gasteiger partial charge in [0.1, 0.15) is 5.75 Å². The number of aromatic hydroxyl groups is 1. The van der Waals surface area contributed by atoms with E-state index in [2.05, 4.69) is 12.8 Å². The molecule has 0 saturated heterocycles. The lowest BCUT2D eigenvalue weighted by Crippen LogP contribution is -2.39. The number of hydrogen-bond acceptors (Lipinski definition) is 3. The Labute approximate surface area is 150 Å². The van der Waals surface area contributed by atoms with Gasteiger partial charge in [-0.15, -0.1) is 6.42 Å². The first kappa shape index (κ1) is 17.9. The highest BCUT2D eigenvalue weighted by Crippen LogP contribution is 2.43. The molecule has 0 aromatic heterocycles. The largest absolute Gasteiger partial charge is 0.508 e. The van der Waals surface area contributed by atoms with Crippen LogP contribution in [0, 0.1) is 30.1 Å². The maximum atomic E-state index is 12.4. The Morgan fingerprint density at radius 2 is 1.64 bits per heavy atom. The molecule has 2 aliphatic rings. The fourth-order valence-electron chi connectivity index (χ4n) is 4.44. The molecule has 1 aromatic carbocycles. The third-order valence-electron chi connectivity index (χ3n) is 6.22. The minimum atomic E-state index is -0.770. The standard InChI is InChI=1S/C22H28O3/c1-3-22(25-21(24)19-8-10-20(23)11-9-19)14-12-18(13-15-22)17-6-4-16(2)5-7-17/h1,8-11,16-18,23H,4-7,12-15H2,2H3. The van der Waals surface area contributed by atoms with E-state index >= 15 is 0 Å². The van der Waals surface area contributed by atoms with Crippen LogP contribution in [0.2, 0.25) is 0 Å². The second kappa shape index (κ2) is 7.52. The highest BCUT2D eigenvalue weighted by Gasteiger charge is 2.40. The molecule has 0 atom stereocenters. The van der Waals surface area contributed by atoms with Gasteiger partial charge in [0.15, 0.2) is 5.60 Å². The Morgan fingerprint density at radius 1 is 1.08 bits per heavy atom. The molecule has 0 radical (unpaired) electrons. The smallest absolute Gasteiger partial charge is 0.339 e. The molecule has 2 aliphatic carbocycles. The van der Waals surface area contributed by atoms with Gasteiger partial charge in [-0.2, -0.15) is 0 Å². The summed E-state index contributed by atoms with van der Waals surface area (Å²) in [5.41, 5.74) is -0.344. The molecule has 0 heterocycles. The number of phenolic OH excluding ortho intramolecular Hbond substituents is 1. The molecular weight excluding hydrogens is 312 g/mol. The van der Waals surface area contributed by atoms with Crippen molar-refractivity contribution in [1.82, 2.24) is 0 Å². The maximum Gasteiger partial charge on any atom is 0.339 e. The average molecular weight is 340 g/mol. The van der Waals surface area contributed by atoms with Crippen molar-refractivity contribution in [1.29, 1.82) is 0 Å². The number of hydrogen-bond donors (Lipinski definition) is 1. The van der Waals surface area contributed by atoms with Crippen LogP contribution in [0.4, 0.5) is 0 Å². The lowest BCUT2D eigenvalue weighted by molar-refractivity contribution is -0.0193. The van der Waals surface area contributed by atoms with Crippen LogP contribution in [0.3, 0.4) is 0 Å². The van der Waals surface area contributed by atoms with E-state index in [1.165, 1.54) is 37.8 Å². The summed E-state index contributed by atoms with van der Waals surface area (Å²) >= 11 is 0. The predicted molar refractivity (Wildman–Crippen MR) is 98.2 cm³/mol. The van der Waals surface area contributed by atoms with Gasteiger partial charge in [-0.05, 0) is 80.5 Å². The quantitative estimate of drug-likeness (QED) is 0.626. The SMILES string of the molecule is C#CC1(OC(=O)c2ccc(O)cc2)CCC(C2CCC(C)CC2)CC1. The molecule has 0 spiro atoms. The van der Waals surface area contributed by atoms with Gasteiger partial charge < -0.3 is 9.84 Å². The summed E-state index contributed by atoms with van der Waals surface area (Å²) in [4.78, 5) is 12.4. The number of carbonyl (C=O) groups excluding carboxylic acids is 1. The molecule has 0 unspecified atom stereocenters. The number of carbonyl (C=O) groups is 1. The Morgan fingerprint density at radius 3 is 2.20 bits per heavy atom. The second-order valence-corrected chi connectivity index (χ2v) is 7.93. The Kier molecular flexibility index (Phi) is 5.37. The van der Waals surface area contributed by atoms with Gasteiger partial charge in [-0.3, -0.25) is 0 Å². The van der Waals surface area contributed by atoms with Crippen LogP contribution in [-0.2, 0) is 4.74 Å². The monoisotopic (exact) mass is 340 g/mol. The van der Waals surface area contributed by atoms with Gasteiger partial charge in [0.05, 0.1) is 5.56 Å². The van der Waals surface area contributed by atoms with E-state index in [0.717, 1.165) is 43.4 Å². The summed E-state index contributed by atoms with van der Waals surface area (Å²) in [6.45, 7) is 2.35. The van der Waals surface area contributed by atoms with Crippen molar-refractivity contribution in [3.05, 3.63) is 29.8 Å². The van der Waals surface area contributed by atoms with Crippen molar-refractivity contribution in [2.75, 3.05) is 0 Å². The molecule has 0 amide bonds. The van der Waals surface area contributed by atoms with Gasteiger partial charge in [0.2, 0.25) is 0 Å². The van der Waals surface area contributed by atoms with Gasteiger partial charge in [-0.1, -0.05) is 25.7 Å². The molecule has 2 saturated carbocycles. The lowest BCUT2D eigenvalue weighted by Gasteiger charge is -2.40. The first-order valence-corrected chi connectivity index (χ1v) is 9.51. The fraction of sp³-hybridized carbons (Fsp3) is 0.591. The summed E-state index contributed by atoms with van der Waals surface area (Å²) in [7, 11) is 0.